The molecule has 5 heterocycles. The molecule has 0 radical (unpaired) electrons. The van der Waals surface area contributed by atoms with Crippen LogP contribution < -0.4 is 14.2 Å². The van der Waals surface area contributed by atoms with Gasteiger partial charge < -0.3 is 47.9 Å². The fourth-order valence-corrected chi connectivity index (χ4v) is 10.8. The average molecular weight is 1250 g/mol. The van der Waals surface area contributed by atoms with E-state index in [4.69, 9.17) is 71.4 Å². The van der Waals surface area contributed by atoms with Crippen molar-refractivity contribution >= 4 is 52.7 Å². The van der Waals surface area contributed by atoms with Gasteiger partial charge in [0.05, 0.1) is 113 Å². The molecule has 0 aliphatic carbocycles. The Morgan fingerprint density at radius 1 is 0.818 bits per heavy atom. The van der Waals surface area contributed by atoms with Crippen LogP contribution in [-0.4, -0.2) is 168 Å². The van der Waals surface area contributed by atoms with E-state index in [1.165, 1.54) is 34.0 Å². The molecule has 2 aromatic heterocycles. The first kappa shape index (κ1) is 64.4. The van der Waals surface area contributed by atoms with Crippen LogP contribution in [0.2, 0.25) is 10.0 Å². The molecular formula is C64H71Cl2FN10O11. The van der Waals surface area contributed by atoms with Gasteiger partial charge >= 0.3 is 6.03 Å². The van der Waals surface area contributed by atoms with Crippen molar-refractivity contribution in [2.75, 3.05) is 93.2 Å². The number of carbonyl (C=O) groups excluding carboxylic acids is 4. The molecule has 6 aromatic rings. The van der Waals surface area contributed by atoms with Gasteiger partial charge in [0.25, 0.3) is 5.91 Å². The van der Waals surface area contributed by atoms with Crippen LogP contribution in [0.3, 0.4) is 0 Å². The van der Waals surface area contributed by atoms with Gasteiger partial charge in [-0.15, -0.1) is 0 Å². The van der Waals surface area contributed by atoms with Crippen molar-refractivity contribution < 1.29 is 56.7 Å². The number of carbonyl (C=O) groups is 4. The molecule has 0 spiro atoms. The van der Waals surface area contributed by atoms with Crippen LogP contribution in [0.1, 0.15) is 108 Å². The zero-order chi connectivity index (χ0) is 62.4. The molecule has 4 amide bonds. The molecule has 88 heavy (non-hydrogen) atoms. The third-order valence-electron chi connectivity index (χ3n) is 15.1. The minimum atomic E-state index is -0.750. The lowest BCUT2D eigenvalue weighted by Gasteiger charge is -2.38. The van der Waals surface area contributed by atoms with E-state index in [0.717, 1.165) is 11.1 Å². The number of rotatable bonds is 25. The number of nitrogens with zero attached hydrogens (tertiary/aromatic N) is 10. The van der Waals surface area contributed by atoms with Crippen molar-refractivity contribution in [3.05, 3.63) is 152 Å². The maximum absolute atomic E-state index is 15.1. The molecule has 3 aliphatic rings. The standard InChI is InChI=1S/C64H71Cl2FN10O11/c1-40(2)87-56-35-49(82-6)18-20-51(56)61-71-59(43-9-13-45(65)14-10-43)60(44-11-15-46(66)16-12-44)77(61)64(81)75-24-23-74(57(79)39-75)25-27-84-29-31-86-33-32-85-30-28-83-26-21-48(78)8-7-22-76-55(36-68)58-53-37-69-41(3)62(70-53)88-42(4)52-34-47(67)17-19-50(52)63(80)73(5)38-54(58)72-76/h9-20,34-35,37,40,42,59-60H,7-8,21-33,38-39H2,1-6H3/t42-,59-,60+/m1/s1. The van der Waals surface area contributed by atoms with Crippen LogP contribution in [0.5, 0.6) is 17.4 Å². The largest absolute Gasteiger partial charge is 0.497 e. The summed E-state index contributed by atoms with van der Waals surface area (Å²) in [7, 11) is 3.18. The second-order valence-electron chi connectivity index (χ2n) is 21.6. The normalized spacial score (nSPS) is 16.8. The average Bonchev–Trinajstić information content (AvgIpc) is 2.31. The predicted octanol–water partition coefficient (Wildman–Crippen LogP) is 9.80. The van der Waals surface area contributed by atoms with E-state index in [9.17, 15) is 24.0 Å². The van der Waals surface area contributed by atoms with Crippen molar-refractivity contribution in [2.24, 2.45) is 4.99 Å². The van der Waals surface area contributed by atoms with Gasteiger partial charge in [-0.1, -0.05) is 47.5 Å². The molecule has 0 unspecified atom stereocenters. The molecule has 4 aromatic carbocycles. The van der Waals surface area contributed by atoms with Gasteiger partial charge in [-0.05, 0) is 99.8 Å². The minimum Gasteiger partial charge on any atom is -0.497 e. The Morgan fingerprint density at radius 3 is 2.14 bits per heavy atom. The Balaban J connectivity index is 0.674. The number of aryl methyl sites for hydroxylation is 2. The van der Waals surface area contributed by atoms with E-state index in [0.29, 0.717) is 114 Å². The van der Waals surface area contributed by atoms with Crippen molar-refractivity contribution in [1.29, 1.82) is 5.26 Å². The second kappa shape index (κ2) is 30.2. The molecule has 1 fully saturated rings. The number of benzene rings is 4. The Hall–Kier alpha value is -8.04. The van der Waals surface area contributed by atoms with E-state index in [1.807, 2.05) is 44.2 Å². The molecule has 21 nitrogen and oxygen atoms in total. The summed E-state index contributed by atoms with van der Waals surface area (Å²) < 4.78 is 56.8. The highest BCUT2D eigenvalue weighted by molar-refractivity contribution is 6.30. The van der Waals surface area contributed by atoms with Crippen LogP contribution in [0.25, 0.3) is 11.3 Å². The molecule has 24 heteroatoms. The summed E-state index contributed by atoms with van der Waals surface area (Å²) in [5.74, 6) is 0.500. The Morgan fingerprint density at radius 2 is 1.48 bits per heavy atom. The van der Waals surface area contributed by atoms with Crippen molar-refractivity contribution in [3.8, 4) is 34.7 Å². The monoisotopic (exact) mass is 1240 g/mol. The van der Waals surface area contributed by atoms with Gasteiger partial charge in [-0.25, -0.2) is 14.2 Å². The first-order valence-corrected chi connectivity index (χ1v) is 29.9. The Kier molecular flexibility index (Phi) is 22.1. The quantitative estimate of drug-likeness (QED) is 0.0486. The minimum absolute atomic E-state index is 0.0144. The fraction of sp³-hybridized carbons (Fsp3) is 0.422. The van der Waals surface area contributed by atoms with Crippen LogP contribution in [-0.2, 0) is 41.6 Å². The van der Waals surface area contributed by atoms with E-state index < -0.39 is 24.0 Å². The van der Waals surface area contributed by atoms with Gasteiger partial charge in [0.1, 0.15) is 59.4 Å². The van der Waals surface area contributed by atoms with Gasteiger partial charge in [0.15, 0.2) is 0 Å². The number of ketones is 1. The lowest BCUT2D eigenvalue weighted by atomic mass is 9.93. The number of aromatic nitrogens is 4. The third kappa shape index (κ3) is 15.8. The molecule has 9 rings (SSSR count). The molecule has 0 N–H and O–H groups in total. The zero-order valence-corrected chi connectivity index (χ0v) is 51.6. The Bertz CT molecular complexity index is 3530. The zero-order valence-electron chi connectivity index (χ0n) is 50.1. The molecule has 464 valence electrons. The van der Waals surface area contributed by atoms with Crippen molar-refractivity contribution in [3.63, 3.8) is 0 Å². The van der Waals surface area contributed by atoms with Gasteiger partial charge in [-0.2, -0.15) is 10.4 Å². The number of piperazine rings is 1. The number of methoxy groups -OCH3 is 1. The van der Waals surface area contributed by atoms with Crippen molar-refractivity contribution in [1.82, 2.24) is 39.3 Å². The second-order valence-corrected chi connectivity index (χ2v) is 22.4. The van der Waals surface area contributed by atoms with Crippen LogP contribution in [0.15, 0.2) is 96.1 Å². The molecular weight excluding hydrogens is 1170 g/mol. The number of Topliss-reactive ketones (excluding diaryl/α,β-unsaturated/α-hetero) is 1. The summed E-state index contributed by atoms with van der Waals surface area (Å²) >= 11 is 12.7. The summed E-state index contributed by atoms with van der Waals surface area (Å²) in [6.45, 7) is 10.7. The number of urea groups is 1. The number of ether oxygens (including phenoxy) is 7. The highest BCUT2D eigenvalue weighted by Gasteiger charge is 2.46. The van der Waals surface area contributed by atoms with E-state index in [1.54, 1.807) is 79.1 Å². The first-order chi connectivity index (χ1) is 42.5. The summed E-state index contributed by atoms with van der Waals surface area (Å²) in [6, 6.07) is 24.7. The fourth-order valence-electron chi connectivity index (χ4n) is 10.6. The molecule has 3 atom stereocenters. The first-order valence-electron chi connectivity index (χ1n) is 29.2. The number of hydrogen-bond acceptors (Lipinski definition) is 16. The summed E-state index contributed by atoms with van der Waals surface area (Å²) in [5.41, 5.74) is 4.64. The summed E-state index contributed by atoms with van der Waals surface area (Å²) in [5, 5.41) is 16.2. The number of nitriles is 1. The smallest absolute Gasteiger partial charge is 0.326 e. The molecule has 1 saturated heterocycles. The van der Waals surface area contributed by atoms with Crippen LogP contribution >= 0.6 is 23.2 Å². The predicted molar refractivity (Wildman–Crippen MR) is 325 cm³/mol. The SMILES string of the molecule is COc1ccc(C2=N[C@H](c3ccc(Cl)cc3)[C@H](c3ccc(Cl)cc3)N2C(=O)N2CCN(CCOCCOCCOCCOCCC(=O)CCCn3nc4c(c3C#N)-c3cnc(C)c(n3)O[C@H](C)c3cc(F)ccc3C(=O)N(C)C4)C(=O)C2)c(OC(C)C)c1. The number of hydrogen-bond donors (Lipinski definition) is 0. The Labute approximate surface area is 520 Å². The summed E-state index contributed by atoms with van der Waals surface area (Å²) in [4.78, 5) is 76.3. The van der Waals surface area contributed by atoms with Crippen LogP contribution in [0, 0.1) is 24.1 Å². The number of aliphatic imine (C=N–C) groups is 1. The van der Waals surface area contributed by atoms with E-state index >= 15 is 4.79 Å². The number of halogens is 3. The number of fused-ring (bicyclic) bond motifs is 5. The highest BCUT2D eigenvalue weighted by atomic mass is 35.5. The van der Waals surface area contributed by atoms with Gasteiger partial charge in [0.2, 0.25) is 11.8 Å². The highest BCUT2D eigenvalue weighted by Crippen LogP contribution is 2.46. The summed E-state index contributed by atoms with van der Waals surface area (Å²) in [6.07, 6.45) is 1.38. The lowest BCUT2D eigenvalue weighted by molar-refractivity contribution is -0.135. The van der Waals surface area contributed by atoms with Crippen molar-refractivity contribution in [2.45, 2.75) is 84.3 Å². The lowest BCUT2D eigenvalue weighted by Crippen LogP contribution is -2.56. The number of amides is 4. The van der Waals surface area contributed by atoms with Crippen LogP contribution in [0.4, 0.5) is 9.18 Å². The molecule has 0 saturated carbocycles. The molecule has 2 bridgehead atoms. The number of amidine groups is 1. The van der Waals surface area contributed by atoms with E-state index in [-0.39, 0.29) is 106 Å². The third-order valence-corrected chi connectivity index (χ3v) is 15.6. The molecule has 3 aliphatic heterocycles. The maximum Gasteiger partial charge on any atom is 0.326 e. The topological polar surface area (TPSA) is 226 Å². The maximum atomic E-state index is 15.1. The van der Waals surface area contributed by atoms with Gasteiger partial charge in [0, 0.05) is 73.3 Å². The van der Waals surface area contributed by atoms with E-state index in [2.05, 4.69) is 11.1 Å². The van der Waals surface area contributed by atoms with Gasteiger partial charge in [-0.3, -0.25) is 33.9 Å².